The van der Waals surface area contributed by atoms with E-state index in [4.69, 9.17) is 29.7 Å². The van der Waals surface area contributed by atoms with Crippen LogP contribution in [0.1, 0.15) is 46.7 Å². The highest BCUT2D eigenvalue weighted by Crippen LogP contribution is 2.22. The number of carboxylic acid groups (broad SMARTS) is 1. The summed E-state index contributed by atoms with van der Waals surface area (Å²) in [5, 5.41) is 27.1. The predicted molar refractivity (Wildman–Crippen MR) is 192 cm³/mol. The maximum absolute atomic E-state index is 11.1. The van der Waals surface area contributed by atoms with Crippen molar-refractivity contribution in [1.29, 1.82) is 0 Å². The third-order valence-corrected chi connectivity index (χ3v) is 7.02. The van der Waals surface area contributed by atoms with Gasteiger partial charge in [-0.2, -0.15) is 0 Å². The van der Waals surface area contributed by atoms with E-state index in [2.05, 4.69) is 26.0 Å². The van der Waals surface area contributed by atoms with Gasteiger partial charge in [-0.15, -0.1) is 0 Å². The highest BCUT2D eigenvalue weighted by Gasteiger charge is 2.19. The van der Waals surface area contributed by atoms with E-state index in [1.54, 1.807) is 24.8 Å². The average molecular weight is 701 g/mol. The van der Waals surface area contributed by atoms with E-state index < -0.39 is 5.97 Å². The van der Waals surface area contributed by atoms with Gasteiger partial charge in [0.25, 0.3) is 0 Å². The molecule has 5 rings (SSSR count). The molecule has 1 aromatic carbocycles. The lowest BCUT2D eigenvalue weighted by Gasteiger charge is -2.20. The smallest absolute Gasteiger partial charge is 0.303 e. The number of hydrogen-bond donors (Lipinski definition) is 3. The van der Waals surface area contributed by atoms with E-state index >= 15 is 0 Å². The molecule has 4 aromatic heterocycles. The van der Waals surface area contributed by atoms with Crippen LogP contribution < -0.4 is 4.74 Å². The van der Waals surface area contributed by atoms with Crippen LogP contribution in [-0.2, 0) is 44.2 Å². The summed E-state index contributed by atoms with van der Waals surface area (Å²) in [6, 6.07) is 29.4. The van der Waals surface area contributed by atoms with Crippen LogP contribution in [-0.4, -0.2) is 81.9 Å². The van der Waals surface area contributed by atoms with Gasteiger partial charge < -0.3 is 29.7 Å². The molecule has 0 atom stereocenters. The van der Waals surface area contributed by atoms with E-state index in [9.17, 15) is 4.79 Å². The molecule has 0 saturated heterocycles. The second kappa shape index (κ2) is 24.1. The van der Waals surface area contributed by atoms with Crippen molar-refractivity contribution in [2.24, 2.45) is 0 Å². The summed E-state index contributed by atoms with van der Waals surface area (Å²) in [6.07, 6.45) is 7.54. The van der Waals surface area contributed by atoms with Gasteiger partial charge in [0.2, 0.25) is 13.2 Å². The van der Waals surface area contributed by atoms with Gasteiger partial charge in [0.05, 0.1) is 31.1 Å². The Kier molecular flexibility index (Phi) is 19.0. The molecule has 270 valence electrons. The van der Waals surface area contributed by atoms with Gasteiger partial charge in [-0.25, -0.2) is 0 Å². The molecule has 0 saturated carbocycles. The van der Waals surface area contributed by atoms with Crippen molar-refractivity contribution in [3.8, 4) is 5.75 Å². The molecule has 5 N–H and O–H groups in total. The molecule has 0 unspecified atom stereocenters. The molecular formula is C38H48N6O7+2. The molecule has 0 fully saturated rings. The lowest BCUT2D eigenvalue weighted by Crippen LogP contribution is -2.28. The molecule has 4 heterocycles. The number of hydroxylamine groups is 4. The third-order valence-electron chi connectivity index (χ3n) is 7.02. The van der Waals surface area contributed by atoms with Gasteiger partial charge in [-0.3, -0.25) is 24.7 Å². The Morgan fingerprint density at radius 2 is 1.02 bits per heavy atom. The van der Waals surface area contributed by atoms with Crippen molar-refractivity contribution in [3.63, 3.8) is 0 Å². The Hall–Kier alpha value is -5.15. The first kappa shape index (κ1) is 40.3. The number of benzene rings is 1. The first-order chi connectivity index (χ1) is 25.1. The highest BCUT2D eigenvalue weighted by atomic mass is 16.7. The van der Waals surface area contributed by atoms with E-state index in [1.807, 2.05) is 95.1 Å². The van der Waals surface area contributed by atoms with E-state index in [0.717, 1.165) is 48.1 Å². The normalized spacial score (nSPS) is 10.5. The molecule has 13 heteroatoms. The van der Waals surface area contributed by atoms with Crippen LogP contribution in [0.2, 0.25) is 0 Å². The van der Waals surface area contributed by atoms with Crippen molar-refractivity contribution >= 4 is 5.97 Å². The van der Waals surface area contributed by atoms with Gasteiger partial charge in [0, 0.05) is 45.4 Å². The minimum absolute atomic E-state index is 0.0427. The van der Waals surface area contributed by atoms with Crippen molar-refractivity contribution in [3.05, 3.63) is 150 Å². The predicted octanol–water partition coefficient (Wildman–Crippen LogP) is 4.02. The number of carboxylic acids is 1. The molecule has 0 spiro atoms. The number of hydrogen-bond acceptors (Lipinski definition) is 10. The fraction of sp³-hybridized carbons (Fsp3) is 0.289. The number of aliphatic hydroxyl groups is 4. The number of aromatic nitrogens is 4. The summed E-state index contributed by atoms with van der Waals surface area (Å²) in [6.45, 7) is 3.16. The maximum atomic E-state index is 11.1. The van der Waals surface area contributed by atoms with Crippen LogP contribution in [0, 0.1) is 0 Å². The fourth-order valence-corrected chi connectivity index (χ4v) is 4.83. The van der Waals surface area contributed by atoms with Crippen molar-refractivity contribution in [2.75, 3.05) is 20.8 Å². The number of rotatable bonds is 19. The number of aliphatic carboxylic acids is 1. The zero-order valence-electron chi connectivity index (χ0n) is 29.1. The Morgan fingerprint density at radius 1 is 0.608 bits per heavy atom. The highest BCUT2D eigenvalue weighted by molar-refractivity contribution is 5.66. The molecule has 5 aromatic rings. The zero-order chi connectivity index (χ0) is 36.5. The molecule has 0 aliphatic heterocycles. The summed E-state index contributed by atoms with van der Waals surface area (Å²) in [4.78, 5) is 38.8. The first-order valence-electron chi connectivity index (χ1n) is 16.4. The van der Waals surface area contributed by atoms with Gasteiger partial charge in [-0.1, -0.05) is 40.5 Å². The Labute approximate surface area is 298 Å². The summed E-state index contributed by atoms with van der Waals surface area (Å²) >= 11 is 0. The Balaban J connectivity index is 0.00000169. The summed E-state index contributed by atoms with van der Waals surface area (Å²) in [5.41, 5.74) is 5.50. The van der Waals surface area contributed by atoms with Crippen LogP contribution in [0.4, 0.5) is 0 Å². The zero-order valence-corrected chi connectivity index (χ0v) is 29.1. The topological polar surface area (TPSA) is 171 Å². The largest absolute Gasteiger partial charge is 0.494 e. The summed E-state index contributed by atoms with van der Waals surface area (Å²) < 4.78 is 6.09. The van der Waals surface area contributed by atoms with Crippen molar-refractivity contribution < 1.29 is 34.5 Å². The Morgan fingerprint density at radius 3 is 1.39 bits per heavy atom. The number of aliphatic hydroxyl groups excluding tert-OH is 2. The second-order valence-corrected chi connectivity index (χ2v) is 10.9. The van der Waals surface area contributed by atoms with Crippen LogP contribution in [0.25, 0.3) is 0 Å². The number of pyridine rings is 4. The standard InChI is InChI=1S/C36H38N6O5.2CH4O/c43-36(44)14-9-19-45-35-21-29(23-41(25-31-10-1-5-15-37-31)46-27-33-12-3-7-17-39-33)20-30(22-35)24-42(26-32-11-2-6-16-38-32)47-28-34-13-4-8-18-40-34;2*1-2/h1-8,10-13,15-18,20-22H,9,14,19,23-28H2,(H,43,44);2*2H,1H3/p+2. The van der Waals surface area contributed by atoms with Gasteiger partial charge in [-0.05, 0) is 78.2 Å². The minimum Gasteiger partial charge on any atom is -0.494 e. The first-order valence-corrected chi connectivity index (χ1v) is 16.4. The van der Waals surface area contributed by atoms with Crippen LogP contribution in [0.3, 0.4) is 0 Å². The maximum Gasteiger partial charge on any atom is 0.303 e. The van der Waals surface area contributed by atoms with Crippen molar-refractivity contribution in [1.82, 2.24) is 30.1 Å². The van der Waals surface area contributed by atoms with Crippen LogP contribution in [0.15, 0.2) is 116 Å². The van der Waals surface area contributed by atoms with E-state index in [-0.39, 0.29) is 6.42 Å². The van der Waals surface area contributed by atoms with Gasteiger partial charge in [0.1, 0.15) is 30.2 Å². The van der Waals surface area contributed by atoms with Crippen molar-refractivity contribution in [2.45, 2.75) is 52.2 Å². The molecule has 0 bridgehead atoms. The lowest BCUT2D eigenvalue weighted by molar-refractivity contribution is -0.314. The monoisotopic (exact) mass is 700 g/mol. The molecule has 0 aliphatic carbocycles. The van der Waals surface area contributed by atoms with Crippen LogP contribution in [0.5, 0.6) is 5.75 Å². The molecule has 51 heavy (non-hydrogen) atoms. The Bertz CT molecular complexity index is 1530. The molecule has 0 radical (unpaired) electrons. The minimum atomic E-state index is -0.845. The van der Waals surface area contributed by atoms with Crippen LogP contribution >= 0.6 is 0 Å². The quantitative estimate of drug-likeness (QED) is 0.0646. The number of carbonyl (C=O) groups is 1. The van der Waals surface area contributed by atoms with Gasteiger partial charge in [0.15, 0.2) is 0 Å². The number of nitrogens with zero attached hydrogens (tertiary/aromatic N) is 6. The lowest BCUT2D eigenvalue weighted by atomic mass is 10.1. The van der Waals surface area contributed by atoms with Gasteiger partial charge >= 0.3 is 5.97 Å². The van der Waals surface area contributed by atoms with E-state index in [1.165, 1.54) is 0 Å². The number of ether oxygens (including phenoxy) is 1. The molecule has 13 nitrogen and oxygen atoms in total. The average Bonchev–Trinajstić information content (AvgIpc) is 3.18. The molecule has 0 amide bonds. The molecule has 0 aliphatic rings. The summed E-state index contributed by atoms with van der Waals surface area (Å²) in [7, 11) is 2.00. The third kappa shape index (κ3) is 16.0. The summed E-state index contributed by atoms with van der Waals surface area (Å²) in [5.74, 6) is -0.185. The molecular weight excluding hydrogens is 652 g/mol. The SMILES string of the molecule is CO.CO.O=C(O)CCCOc1cc(CN(Cc2ccccn2)[OH+]Cc2ccccn2)cc(CN(Cc2ccccn2)[OH+]Cc2ccccn2)c1. The van der Waals surface area contributed by atoms with E-state index in [0.29, 0.717) is 58.2 Å². The fourth-order valence-electron chi connectivity index (χ4n) is 4.83. The second-order valence-electron chi connectivity index (χ2n) is 10.9.